The van der Waals surface area contributed by atoms with Crippen LogP contribution in [0.4, 0.5) is 0 Å². The van der Waals surface area contributed by atoms with Crippen molar-refractivity contribution in [1.82, 2.24) is 19.9 Å². The number of aliphatic hydroxyl groups is 2. The molecule has 3 unspecified atom stereocenters. The van der Waals surface area contributed by atoms with E-state index in [9.17, 15) is 20.3 Å². The monoisotopic (exact) mass is 1830 g/mol. The van der Waals surface area contributed by atoms with Crippen molar-refractivity contribution in [3.63, 3.8) is 0 Å². The number of benzene rings is 8. The second-order valence-electron chi connectivity index (χ2n) is 26.8. The van der Waals surface area contributed by atoms with Gasteiger partial charge in [0.15, 0.2) is 92.0 Å². The molecule has 4 aromatic heterocycles. The van der Waals surface area contributed by atoms with Crippen molar-refractivity contribution in [2.24, 2.45) is 0 Å². The van der Waals surface area contributed by atoms with Crippen molar-refractivity contribution in [2.45, 2.75) is 80.1 Å². The zero-order valence-electron chi connectivity index (χ0n) is 63.5. The number of ether oxygens (including phenoxy) is 17. The van der Waals surface area contributed by atoms with Crippen LogP contribution in [0.1, 0.15) is 105 Å². The summed E-state index contributed by atoms with van der Waals surface area (Å²) in [4.78, 5) is 31.2. The number of carbonyl (C=O) groups is 1. The zero-order valence-corrected chi connectivity index (χ0v) is 67.8. The highest BCUT2D eigenvalue weighted by Crippen LogP contribution is 2.52. The minimum atomic E-state index is -0.432. The van der Waals surface area contributed by atoms with Gasteiger partial charge in [-0.2, -0.15) is 5.26 Å². The highest BCUT2D eigenvalue weighted by molar-refractivity contribution is 14.1. The lowest BCUT2D eigenvalue weighted by atomic mass is 9.76. The molecule has 0 saturated carbocycles. The number of hydrogen-bond acceptors (Lipinski definition) is 25. The summed E-state index contributed by atoms with van der Waals surface area (Å²) < 4.78 is 94.8. The predicted molar refractivity (Wildman–Crippen MR) is 468 cm³/mol. The number of nitrogens with zero attached hydrogens (tertiary/aromatic N) is 5. The molecule has 0 spiro atoms. The first kappa shape index (κ1) is 87.1. The van der Waals surface area contributed by atoms with E-state index in [1.54, 1.807) is 88.3 Å². The molecule has 0 radical (unpaired) electrons. The molecule has 25 nitrogen and oxygen atoms in total. The van der Waals surface area contributed by atoms with Crippen molar-refractivity contribution in [2.75, 3.05) is 104 Å². The summed E-state index contributed by atoms with van der Waals surface area (Å²) in [6.45, 7) is 2.96. The van der Waals surface area contributed by atoms with Gasteiger partial charge in [0.1, 0.15) is 0 Å². The Morgan fingerprint density at radius 1 is 0.483 bits per heavy atom. The molecule has 2 aliphatic carbocycles. The number of nitriles is 1. The smallest absolute Gasteiger partial charge is 0.338 e. The lowest BCUT2D eigenvalue weighted by Crippen LogP contribution is -2.16. The maximum atomic E-state index is 13.0. The van der Waals surface area contributed by atoms with Crippen molar-refractivity contribution in [3.05, 3.63) is 186 Å². The van der Waals surface area contributed by atoms with Gasteiger partial charge in [0.25, 0.3) is 0 Å². The topological polar surface area (TPSA) is 290 Å². The van der Waals surface area contributed by atoms with Gasteiger partial charge in [0, 0.05) is 119 Å². The fourth-order valence-electron chi connectivity index (χ4n) is 15.1. The second-order valence-corrected chi connectivity index (χ2v) is 29.1. The molecule has 0 saturated heterocycles. The number of carbonyl (C=O) groups excluding carboxylic acids is 1. The maximum Gasteiger partial charge on any atom is 0.338 e. The van der Waals surface area contributed by atoms with Crippen LogP contribution in [-0.2, 0) is 28.8 Å². The summed E-state index contributed by atoms with van der Waals surface area (Å²) in [6, 6.07) is 36.9. The molecule has 18 rings (SSSR count). The van der Waals surface area contributed by atoms with E-state index in [-0.39, 0.29) is 94.5 Å². The third-order valence-electron chi connectivity index (χ3n) is 20.8. The van der Waals surface area contributed by atoms with Gasteiger partial charge in [-0.1, -0.05) is 29.7 Å². The Hall–Kier alpha value is -11.7. The molecule has 616 valence electrons. The van der Waals surface area contributed by atoms with Gasteiger partial charge in [-0.15, -0.1) is 0 Å². The molecule has 8 aromatic carbocycles. The summed E-state index contributed by atoms with van der Waals surface area (Å²) in [6.07, 6.45) is 11.6. The number of methoxy groups -OCH3 is 8. The van der Waals surface area contributed by atoms with Crippen LogP contribution in [-0.4, -0.2) is 140 Å². The molecule has 6 aliphatic rings. The zero-order chi connectivity index (χ0) is 79.4. The molecule has 27 heteroatoms. The van der Waals surface area contributed by atoms with Gasteiger partial charge < -0.3 is 90.7 Å². The first-order chi connectivity index (χ1) is 55.6. The Morgan fingerprint density at radius 2 is 0.873 bits per heavy atom. The molecular formula is C91H93I2N5O20. The van der Waals surface area contributed by atoms with Crippen LogP contribution in [0, 0.1) is 18.5 Å². The van der Waals surface area contributed by atoms with E-state index >= 15 is 0 Å². The van der Waals surface area contributed by atoms with Crippen LogP contribution in [0.15, 0.2) is 134 Å². The summed E-state index contributed by atoms with van der Waals surface area (Å²) in [5.41, 5.74) is 15.9. The third-order valence-corrected chi connectivity index (χ3v) is 22.6. The predicted octanol–water partition coefficient (Wildman–Crippen LogP) is 18.6. The number of aromatic nitrogens is 4. The number of aliphatic hydroxyl groups excluding tert-OH is 2. The first-order valence-electron chi connectivity index (χ1n) is 36.3. The standard InChI is InChI=1S/C23H20INO6.C22H18N2O4.C21H20INO5.C21H19NO5.4CH4/c1-4-29-23(26)16(15-9-19(27-2)20(28-3)10-17(15)24)7-13-5-6-25-18-11-22-21(8-14(13)18)30-12-31-22;1-25-19-6-13-12(3-4-23)5-14-16-8-21-22(28-11-27-21)9-18(16)24-10-17(14)15(13)7-20(19)26-2;1-25-18-6-14(16(22)8-19(18)26-2)13(10-24)5-12-3-4-23-17-9-21-20(7-15(12)17)27-11-28-21;1-24-18-4-12-11(9-23)3-13-15-6-20-21(27-10-26-20)7-17(15)22-8-16(13)14(12)5-19(18)25-2;;;;/h5-11H,4,12H2,1-3H3;6-10,12H,3,5,11H2,1-2H3;3-4,6-9,13,24H,5,10-11H2,1-2H3;4-8,11,23H,3,9-10H2,1-2H3;4*1H4/b16-7+;;;;;;;. The number of hydrogen-bond donors (Lipinski definition) is 2. The van der Waals surface area contributed by atoms with Crippen molar-refractivity contribution in [1.29, 1.82) is 5.26 Å². The van der Waals surface area contributed by atoms with E-state index in [4.69, 9.17) is 80.5 Å². The SMILES string of the molecule is C.C.C.C.CCOC(=O)/C(=C/c1ccnc2cc3c(cc12)OCO3)c1cc(OC)c(OC)cc1I.COc1cc(I)c(C(CO)Cc2ccnc3cc4c(cc23)OCO4)cc1OC.COc1cc2c(cc1OC)C(CC#N)Cc1c-2cnc2cc3c(cc12)OCO3.COc1cc2c(cc1OC)C(CO)Cc1c-2cnc2cc3c(cc12)OCO3. The molecular weight excluding hydrogens is 1740 g/mol. The van der Waals surface area contributed by atoms with Gasteiger partial charge in [-0.25, -0.2) is 4.79 Å². The largest absolute Gasteiger partial charge is 0.493 e. The average molecular weight is 1830 g/mol. The van der Waals surface area contributed by atoms with Crippen molar-refractivity contribution < 1.29 is 95.5 Å². The Kier molecular flexibility index (Phi) is 28.2. The minimum Gasteiger partial charge on any atom is -0.493 e. The third kappa shape index (κ3) is 16.9. The van der Waals surface area contributed by atoms with E-state index in [0.29, 0.717) is 93.6 Å². The Bertz CT molecular complexity index is 5840. The van der Waals surface area contributed by atoms with Crippen LogP contribution in [0.3, 0.4) is 0 Å². The number of pyridine rings is 4. The fraction of sp³-hybridized carbons (Fsp3) is 0.297. The van der Waals surface area contributed by atoms with Gasteiger partial charge in [-0.05, 0) is 212 Å². The van der Waals surface area contributed by atoms with E-state index in [1.165, 1.54) is 5.56 Å². The average Bonchev–Trinajstić information content (AvgIpc) is 1.02. The second kappa shape index (κ2) is 38.1. The highest BCUT2D eigenvalue weighted by Gasteiger charge is 2.33. The molecule has 0 amide bonds. The van der Waals surface area contributed by atoms with E-state index in [2.05, 4.69) is 71.2 Å². The number of esters is 1. The molecule has 12 aromatic rings. The van der Waals surface area contributed by atoms with Crippen LogP contribution in [0.5, 0.6) is 92.0 Å². The highest BCUT2D eigenvalue weighted by atomic mass is 127. The van der Waals surface area contributed by atoms with E-state index < -0.39 is 5.97 Å². The lowest BCUT2D eigenvalue weighted by molar-refractivity contribution is -0.136. The minimum absolute atomic E-state index is 0. The molecule has 4 aliphatic heterocycles. The maximum absolute atomic E-state index is 13.0. The van der Waals surface area contributed by atoms with Crippen LogP contribution in [0.25, 0.3) is 77.5 Å². The van der Waals surface area contributed by atoms with Gasteiger partial charge >= 0.3 is 5.97 Å². The molecule has 0 fully saturated rings. The molecule has 118 heavy (non-hydrogen) atoms. The number of fused-ring (bicyclic) bond motifs is 16. The number of rotatable bonds is 18. The molecule has 8 heterocycles. The first-order valence-corrected chi connectivity index (χ1v) is 38.4. The quantitative estimate of drug-likeness (QED) is 0.0458. The van der Waals surface area contributed by atoms with Crippen molar-refractivity contribution in [3.8, 4) is 120 Å². The van der Waals surface area contributed by atoms with Gasteiger partial charge in [-0.3, -0.25) is 19.9 Å². The van der Waals surface area contributed by atoms with E-state index in [0.717, 1.165) is 142 Å². The van der Waals surface area contributed by atoms with Gasteiger partial charge in [0.05, 0.1) is 110 Å². The molecule has 0 bridgehead atoms. The van der Waals surface area contributed by atoms with Crippen molar-refractivity contribution >= 4 is 106 Å². The molecule has 3 atom stereocenters. The Morgan fingerprint density at radius 3 is 1.33 bits per heavy atom. The summed E-state index contributed by atoms with van der Waals surface area (Å²) >= 11 is 4.44. The van der Waals surface area contributed by atoms with Crippen LogP contribution >= 0.6 is 45.2 Å². The van der Waals surface area contributed by atoms with Crippen LogP contribution in [0.2, 0.25) is 0 Å². The van der Waals surface area contributed by atoms with Gasteiger partial charge in [0.2, 0.25) is 27.2 Å². The Labute approximate surface area is 712 Å². The normalized spacial score (nSPS) is 14.3. The summed E-state index contributed by atoms with van der Waals surface area (Å²) in [5, 5.41) is 33.5. The lowest BCUT2D eigenvalue weighted by Gasteiger charge is -2.28. The Balaban J connectivity index is 0.000000153. The summed E-state index contributed by atoms with van der Waals surface area (Å²) in [7, 11) is 12.8. The number of halogens is 2. The molecule has 2 N–H and O–H groups in total. The summed E-state index contributed by atoms with van der Waals surface area (Å²) in [5.74, 6) is 10.3. The van der Waals surface area contributed by atoms with Crippen LogP contribution < -0.4 is 75.8 Å². The van der Waals surface area contributed by atoms with E-state index in [1.807, 2.05) is 116 Å². The fourth-order valence-corrected chi connectivity index (χ4v) is 16.7.